The number of pyridine rings is 1. The van der Waals surface area contributed by atoms with E-state index in [4.69, 9.17) is 4.74 Å². The SMILES string of the molecule is COc1cccc(NC(=O)c2ccnc(Nc3ccccc3C(F)(F)F)c2)c1. The number of carbonyl (C=O) groups is 1. The number of aromatic nitrogens is 1. The van der Waals surface area contributed by atoms with Crippen LogP contribution in [0.2, 0.25) is 0 Å². The third-order valence-corrected chi connectivity index (χ3v) is 3.84. The van der Waals surface area contributed by atoms with E-state index in [2.05, 4.69) is 15.6 Å². The van der Waals surface area contributed by atoms with Crippen molar-refractivity contribution in [2.45, 2.75) is 6.18 Å². The Bertz CT molecular complexity index is 990. The minimum absolute atomic E-state index is 0.120. The number of amides is 1. The number of alkyl halides is 3. The van der Waals surface area contributed by atoms with Crippen molar-refractivity contribution in [3.63, 3.8) is 0 Å². The molecular weight excluding hydrogens is 371 g/mol. The van der Waals surface area contributed by atoms with Crippen LogP contribution in [0, 0.1) is 0 Å². The summed E-state index contributed by atoms with van der Waals surface area (Å²) >= 11 is 0. The minimum atomic E-state index is -4.51. The standard InChI is InChI=1S/C20H16F3N3O2/c1-28-15-6-4-5-14(12-15)25-19(27)13-9-10-24-18(11-13)26-17-8-3-2-7-16(17)20(21,22)23/h2-12H,1H3,(H,24,26)(H,25,27). The number of halogens is 3. The van der Waals surface area contributed by atoms with Gasteiger partial charge in [-0.3, -0.25) is 4.79 Å². The minimum Gasteiger partial charge on any atom is -0.497 e. The predicted molar refractivity (Wildman–Crippen MR) is 99.9 cm³/mol. The highest BCUT2D eigenvalue weighted by molar-refractivity contribution is 6.04. The monoisotopic (exact) mass is 387 g/mol. The molecule has 0 unspecified atom stereocenters. The van der Waals surface area contributed by atoms with Crippen molar-refractivity contribution in [2.75, 3.05) is 17.7 Å². The van der Waals surface area contributed by atoms with Crippen molar-refractivity contribution in [3.8, 4) is 5.75 Å². The van der Waals surface area contributed by atoms with Gasteiger partial charge in [0.1, 0.15) is 11.6 Å². The van der Waals surface area contributed by atoms with Crippen molar-refractivity contribution in [1.29, 1.82) is 0 Å². The number of para-hydroxylation sites is 1. The third kappa shape index (κ3) is 4.59. The molecule has 8 heteroatoms. The molecule has 1 amide bonds. The van der Waals surface area contributed by atoms with Crippen LogP contribution in [-0.4, -0.2) is 18.0 Å². The molecule has 0 fully saturated rings. The molecule has 1 aromatic heterocycles. The van der Waals surface area contributed by atoms with E-state index in [9.17, 15) is 18.0 Å². The van der Waals surface area contributed by atoms with Crippen LogP contribution < -0.4 is 15.4 Å². The molecule has 2 N–H and O–H groups in total. The fraction of sp³-hybridized carbons (Fsp3) is 0.100. The number of hydrogen-bond acceptors (Lipinski definition) is 4. The molecule has 0 saturated carbocycles. The zero-order chi connectivity index (χ0) is 20.1. The summed E-state index contributed by atoms with van der Waals surface area (Å²) in [4.78, 5) is 16.5. The van der Waals surface area contributed by atoms with Gasteiger partial charge in [-0.15, -0.1) is 0 Å². The first-order valence-corrected chi connectivity index (χ1v) is 8.21. The molecule has 0 atom stereocenters. The lowest BCUT2D eigenvalue weighted by Gasteiger charge is -2.14. The van der Waals surface area contributed by atoms with Gasteiger partial charge in [-0.1, -0.05) is 18.2 Å². The van der Waals surface area contributed by atoms with Crippen molar-refractivity contribution in [2.24, 2.45) is 0 Å². The van der Waals surface area contributed by atoms with E-state index in [1.807, 2.05) is 0 Å². The molecule has 144 valence electrons. The van der Waals surface area contributed by atoms with Crippen LogP contribution in [0.5, 0.6) is 5.75 Å². The molecule has 3 aromatic rings. The molecule has 0 spiro atoms. The van der Waals surface area contributed by atoms with Gasteiger partial charge in [0.2, 0.25) is 0 Å². The first-order chi connectivity index (χ1) is 13.4. The molecule has 5 nitrogen and oxygen atoms in total. The van der Waals surface area contributed by atoms with Crippen molar-refractivity contribution in [1.82, 2.24) is 4.98 Å². The number of benzene rings is 2. The third-order valence-electron chi connectivity index (χ3n) is 3.84. The van der Waals surface area contributed by atoms with E-state index in [-0.39, 0.29) is 17.1 Å². The smallest absolute Gasteiger partial charge is 0.418 e. The Balaban J connectivity index is 1.80. The van der Waals surface area contributed by atoms with E-state index >= 15 is 0 Å². The quantitative estimate of drug-likeness (QED) is 0.639. The van der Waals surface area contributed by atoms with Crippen molar-refractivity contribution >= 4 is 23.1 Å². The maximum Gasteiger partial charge on any atom is 0.418 e. The number of anilines is 3. The summed E-state index contributed by atoms with van der Waals surface area (Å²) in [5.41, 5.74) is -0.196. The summed E-state index contributed by atoms with van der Waals surface area (Å²) in [5, 5.41) is 5.33. The summed E-state index contributed by atoms with van der Waals surface area (Å²) in [5.74, 6) is 0.274. The molecule has 3 rings (SSSR count). The maximum atomic E-state index is 13.1. The second-order valence-electron chi connectivity index (χ2n) is 5.78. The highest BCUT2D eigenvalue weighted by Gasteiger charge is 2.33. The molecule has 0 saturated heterocycles. The lowest BCUT2D eigenvalue weighted by Crippen LogP contribution is -2.13. The highest BCUT2D eigenvalue weighted by Crippen LogP contribution is 2.35. The predicted octanol–water partition coefficient (Wildman–Crippen LogP) is 5.10. The first kappa shape index (κ1) is 19.2. The summed E-state index contributed by atoms with van der Waals surface area (Å²) in [6, 6.07) is 14.7. The van der Waals surface area contributed by atoms with E-state index in [1.54, 1.807) is 24.3 Å². The molecule has 0 bridgehead atoms. The number of rotatable bonds is 5. The van der Waals surface area contributed by atoms with E-state index in [1.165, 1.54) is 43.6 Å². The topological polar surface area (TPSA) is 63.2 Å². The fourth-order valence-electron chi connectivity index (χ4n) is 2.52. The summed E-state index contributed by atoms with van der Waals surface area (Å²) in [6.07, 6.45) is -3.16. The lowest BCUT2D eigenvalue weighted by molar-refractivity contribution is -0.136. The van der Waals surface area contributed by atoms with E-state index in [0.717, 1.165) is 6.07 Å². The maximum absolute atomic E-state index is 13.1. The Morgan fingerprint density at radius 1 is 1.04 bits per heavy atom. The average molecular weight is 387 g/mol. The van der Waals surface area contributed by atoms with Crippen LogP contribution in [0.25, 0.3) is 0 Å². The molecule has 1 heterocycles. The van der Waals surface area contributed by atoms with E-state index < -0.39 is 17.6 Å². The van der Waals surface area contributed by atoms with Gasteiger partial charge in [-0.05, 0) is 36.4 Å². The Labute approximate surface area is 159 Å². The van der Waals surface area contributed by atoms with Gasteiger partial charge in [0, 0.05) is 23.5 Å². The molecular formula is C20H16F3N3O2. The molecule has 28 heavy (non-hydrogen) atoms. The van der Waals surface area contributed by atoms with Crippen molar-refractivity contribution < 1.29 is 22.7 Å². The van der Waals surface area contributed by atoms with Gasteiger partial charge in [0.15, 0.2) is 0 Å². The van der Waals surface area contributed by atoms with Gasteiger partial charge in [0.25, 0.3) is 5.91 Å². The van der Waals surface area contributed by atoms with Crippen LogP contribution in [0.3, 0.4) is 0 Å². The fourth-order valence-corrected chi connectivity index (χ4v) is 2.52. The number of nitrogens with one attached hydrogen (secondary N) is 2. The molecule has 0 radical (unpaired) electrons. The highest BCUT2D eigenvalue weighted by atomic mass is 19.4. The normalized spacial score (nSPS) is 11.0. The summed E-state index contributed by atoms with van der Waals surface area (Å²) in [7, 11) is 1.51. The second-order valence-corrected chi connectivity index (χ2v) is 5.78. The van der Waals surface area contributed by atoms with Crippen LogP contribution in [0.4, 0.5) is 30.4 Å². The number of carbonyl (C=O) groups excluding carboxylic acids is 1. The van der Waals surface area contributed by atoms with Crippen LogP contribution in [-0.2, 0) is 6.18 Å². The lowest BCUT2D eigenvalue weighted by atomic mass is 10.1. The van der Waals surface area contributed by atoms with Crippen LogP contribution in [0.15, 0.2) is 66.9 Å². The van der Waals surface area contributed by atoms with Gasteiger partial charge in [-0.25, -0.2) is 4.98 Å². The Hall–Kier alpha value is -3.55. The second kappa shape index (κ2) is 7.99. The Morgan fingerprint density at radius 2 is 1.82 bits per heavy atom. The number of nitrogens with zero attached hydrogens (tertiary/aromatic N) is 1. The largest absolute Gasteiger partial charge is 0.497 e. The number of methoxy groups -OCH3 is 1. The molecule has 2 aromatic carbocycles. The van der Waals surface area contributed by atoms with Gasteiger partial charge >= 0.3 is 6.18 Å². The van der Waals surface area contributed by atoms with Gasteiger partial charge < -0.3 is 15.4 Å². The van der Waals surface area contributed by atoms with Crippen molar-refractivity contribution in [3.05, 3.63) is 78.0 Å². The van der Waals surface area contributed by atoms with Gasteiger partial charge in [0.05, 0.1) is 18.4 Å². The first-order valence-electron chi connectivity index (χ1n) is 8.21. The zero-order valence-electron chi connectivity index (χ0n) is 14.7. The Morgan fingerprint density at radius 3 is 2.57 bits per heavy atom. The van der Waals surface area contributed by atoms with Gasteiger partial charge in [-0.2, -0.15) is 13.2 Å². The van der Waals surface area contributed by atoms with Crippen LogP contribution in [0.1, 0.15) is 15.9 Å². The zero-order valence-corrected chi connectivity index (χ0v) is 14.7. The van der Waals surface area contributed by atoms with E-state index in [0.29, 0.717) is 11.4 Å². The molecule has 0 aliphatic carbocycles. The average Bonchev–Trinajstić information content (AvgIpc) is 2.68. The van der Waals surface area contributed by atoms with Crippen LogP contribution >= 0.6 is 0 Å². The molecule has 0 aliphatic rings. The number of hydrogen-bond donors (Lipinski definition) is 2. The molecule has 0 aliphatic heterocycles. The Kier molecular flexibility index (Phi) is 5.49. The summed E-state index contributed by atoms with van der Waals surface area (Å²) < 4.78 is 44.5. The summed E-state index contributed by atoms with van der Waals surface area (Å²) in [6.45, 7) is 0. The number of ether oxygens (including phenoxy) is 1.